The molecule has 0 bridgehead atoms. The van der Waals surface area contributed by atoms with E-state index in [1.807, 2.05) is 53.4 Å². The number of H-pyrrole nitrogens is 1. The molecule has 0 spiro atoms. The third-order valence-corrected chi connectivity index (χ3v) is 5.47. The van der Waals surface area contributed by atoms with Gasteiger partial charge in [0, 0.05) is 41.7 Å². The molecule has 2 aromatic carbocycles. The summed E-state index contributed by atoms with van der Waals surface area (Å²) >= 11 is 0. The van der Waals surface area contributed by atoms with Crippen LogP contribution in [-0.2, 0) is 17.8 Å². The lowest BCUT2D eigenvalue weighted by molar-refractivity contribution is -0.134. The van der Waals surface area contributed by atoms with Gasteiger partial charge in [-0.05, 0) is 34.2 Å². The molecule has 1 atom stereocenters. The van der Waals surface area contributed by atoms with Crippen LogP contribution in [0, 0.1) is 0 Å². The number of hydrogen-bond donors (Lipinski definition) is 1. The van der Waals surface area contributed by atoms with Crippen molar-refractivity contribution in [2.75, 3.05) is 13.7 Å². The SMILES string of the molecule is COc1ccc2[nH]c3c(c2c1)CN(C(=O)[C@@H](c1ccccc1)n1cnnn1)CC3. The number of tetrazole rings is 1. The van der Waals surface area contributed by atoms with E-state index in [1.165, 1.54) is 16.7 Å². The smallest absolute Gasteiger partial charge is 0.252 e. The summed E-state index contributed by atoms with van der Waals surface area (Å²) in [6, 6.07) is 15.0. The van der Waals surface area contributed by atoms with Crippen LogP contribution >= 0.6 is 0 Å². The van der Waals surface area contributed by atoms with Crippen LogP contribution < -0.4 is 4.74 Å². The van der Waals surface area contributed by atoms with Crippen LogP contribution in [0.2, 0.25) is 0 Å². The molecule has 0 saturated heterocycles. The Morgan fingerprint density at radius 2 is 2.07 bits per heavy atom. The van der Waals surface area contributed by atoms with Crippen molar-refractivity contribution in [3.63, 3.8) is 0 Å². The van der Waals surface area contributed by atoms with Crippen molar-refractivity contribution >= 4 is 16.8 Å². The molecule has 1 aliphatic rings. The number of benzene rings is 2. The zero-order chi connectivity index (χ0) is 19.8. The Bertz CT molecular complexity index is 1150. The van der Waals surface area contributed by atoms with Crippen molar-refractivity contribution in [3.8, 4) is 5.75 Å². The minimum absolute atomic E-state index is 0.0219. The van der Waals surface area contributed by atoms with Gasteiger partial charge in [-0.3, -0.25) is 4.79 Å². The normalized spacial score (nSPS) is 14.6. The van der Waals surface area contributed by atoms with E-state index < -0.39 is 6.04 Å². The van der Waals surface area contributed by atoms with Gasteiger partial charge in [0.1, 0.15) is 12.1 Å². The fraction of sp³-hybridized carbons (Fsp3) is 0.238. The van der Waals surface area contributed by atoms with Crippen molar-refractivity contribution in [2.45, 2.75) is 19.0 Å². The molecule has 0 fully saturated rings. The van der Waals surface area contributed by atoms with E-state index in [0.717, 1.165) is 34.2 Å². The number of aromatic nitrogens is 5. The number of fused-ring (bicyclic) bond motifs is 3. The highest BCUT2D eigenvalue weighted by molar-refractivity contribution is 5.88. The maximum absolute atomic E-state index is 13.6. The number of methoxy groups -OCH3 is 1. The molecule has 8 nitrogen and oxygen atoms in total. The fourth-order valence-electron chi connectivity index (χ4n) is 4.01. The van der Waals surface area contributed by atoms with Gasteiger partial charge in [-0.15, -0.1) is 5.10 Å². The lowest BCUT2D eigenvalue weighted by Gasteiger charge is -2.30. The van der Waals surface area contributed by atoms with Crippen molar-refractivity contribution in [1.82, 2.24) is 30.1 Å². The van der Waals surface area contributed by atoms with Crippen LogP contribution in [-0.4, -0.2) is 49.7 Å². The Balaban J connectivity index is 1.50. The van der Waals surface area contributed by atoms with Crippen molar-refractivity contribution < 1.29 is 9.53 Å². The average molecular weight is 388 g/mol. The van der Waals surface area contributed by atoms with Crippen LogP contribution in [0.1, 0.15) is 22.9 Å². The summed E-state index contributed by atoms with van der Waals surface area (Å²) in [6.07, 6.45) is 2.26. The van der Waals surface area contributed by atoms with Gasteiger partial charge in [0.25, 0.3) is 5.91 Å². The summed E-state index contributed by atoms with van der Waals surface area (Å²) < 4.78 is 6.90. The lowest BCUT2D eigenvalue weighted by Crippen LogP contribution is -2.41. The zero-order valence-electron chi connectivity index (χ0n) is 15.9. The summed E-state index contributed by atoms with van der Waals surface area (Å²) in [5.41, 5.74) is 4.24. The molecule has 3 heterocycles. The molecule has 0 radical (unpaired) electrons. The number of nitrogens with zero attached hydrogens (tertiary/aromatic N) is 5. The number of carbonyl (C=O) groups excluding carboxylic acids is 1. The number of rotatable bonds is 4. The van der Waals surface area contributed by atoms with E-state index in [1.54, 1.807) is 7.11 Å². The first-order valence-electron chi connectivity index (χ1n) is 9.48. The number of amides is 1. The van der Waals surface area contributed by atoms with E-state index in [2.05, 4.69) is 20.5 Å². The molecule has 1 amide bonds. The summed E-state index contributed by atoms with van der Waals surface area (Å²) in [4.78, 5) is 18.9. The number of hydrogen-bond acceptors (Lipinski definition) is 5. The molecular weight excluding hydrogens is 368 g/mol. The maximum Gasteiger partial charge on any atom is 0.252 e. The molecule has 1 N–H and O–H groups in total. The lowest BCUT2D eigenvalue weighted by atomic mass is 10.0. The molecule has 2 aromatic heterocycles. The Kier molecular flexibility index (Phi) is 4.23. The van der Waals surface area contributed by atoms with Gasteiger partial charge in [0.15, 0.2) is 6.04 Å². The van der Waals surface area contributed by atoms with Crippen LogP contribution in [0.25, 0.3) is 10.9 Å². The Labute approximate surface area is 167 Å². The van der Waals surface area contributed by atoms with Gasteiger partial charge in [0.2, 0.25) is 0 Å². The van der Waals surface area contributed by atoms with E-state index in [-0.39, 0.29) is 5.91 Å². The van der Waals surface area contributed by atoms with Gasteiger partial charge in [-0.2, -0.15) is 0 Å². The largest absolute Gasteiger partial charge is 0.497 e. The molecule has 29 heavy (non-hydrogen) atoms. The van der Waals surface area contributed by atoms with Gasteiger partial charge < -0.3 is 14.6 Å². The Morgan fingerprint density at radius 3 is 2.83 bits per heavy atom. The number of ether oxygens (including phenoxy) is 1. The summed E-state index contributed by atoms with van der Waals surface area (Å²) in [5, 5.41) is 12.5. The third kappa shape index (κ3) is 3.02. The topological polar surface area (TPSA) is 88.9 Å². The summed E-state index contributed by atoms with van der Waals surface area (Å²) in [7, 11) is 1.66. The molecule has 0 saturated carbocycles. The third-order valence-electron chi connectivity index (χ3n) is 5.47. The molecule has 0 unspecified atom stereocenters. The molecule has 146 valence electrons. The Hall–Kier alpha value is -3.68. The Morgan fingerprint density at radius 1 is 1.21 bits per heavy atom. The molecule has 5 rings (SSSR count). The predicted octanol–water partition coefficient (Wildman–Crippen LogP) is 2.34. The van der Waals surface area contributed by atoms with Gasteiger partial charge >= 0.3 is 0 Å². The van der Waals surface area contributed by atoms with E-state index in [4.69, 9.17) is 4.74 Å². The number of aromatic amines is 1. The van der Waals surface area contributed by atoms with Crippen LogP contribution in [0.3, 0.4) is 0 Å². The molecule has 1 aliphatic heterocycles. The first-order chi connectivity index (χ1) is 14.2. The van der Waals surface area contributed by atoms with Crippen LogP contribution in [0.5, 0.6) is 5.75 Å². The van der Waals surface area contributed by atoms with Crippen LogP contribution in [0.4, 0.5) is 0 Å². The molecule has 8 heteroatoms. The van der Waals surface area contributed by atoms with Crippen molar-refractivity contribution in [1.29, 1.82) is 0 Å². The second-order valence-corrected chi connectivity index (χ2v) is 7.11. The first kappa shape index (κ1) is 17.4. The monoisotopic (exact) mass is 388 g/mol. The minimum Gasteiger partial charge on any atom is -0.497 e. The average Bonchev–Trinajstić information content (AvgIpc) is 3.41. The van der Waals surface area contributed by atoms with Gasteiger partial charge in [-0.1, -0.05) is 30.3 Å². The van der Waals surface area contributed by atoms with E-state index >= 15 is 0 Å². The van der Waals surface area contributed by atoms with E-state index in [9.17, 15) is 4.79 Å². The molecular formula is C21H20N6O2. The quantitative estimate of drug-likeness (QED) is 0.580. The highest BCUT2D eigenvalue weighted by Gasteiger charge is 2.32. The van der Waals surface area contributed by atoms with Crippen LogP contribution in [0.15, 0.2) is 54.9 Å². The predicted molar refractivity (Wildman–Crippen MR) is 106 cm³/mol. The highest BCUT2D eigenvalue weighted by Crippen LogP contribution is 2.32. The zero-order valence-corrected chi connectivity index (χ0v) is 15.9. The highest BCUT2D eigenvalue weighted by atomic mass is 16.5. The van der Waals surface area contributed by atoms with Crippen molar-refractivity contribution in [2.24, 2.45) is 0 Å². The standard InChI is InChI=1S/C21H20N6O2/c1-29-15-7-8-18-16(11-15)17-12-26(10-9-19(17)23-18)21(28)20(27-13-22-24-25-27)14-5-3-2-4-6-14/h2-8,11,13,20,23H,9-10,12H2,1H3/t20-/m1/s1. The van der Waals surface area contributed by atoms with Gasteiger partial charge in [0.05, 0.1) is 7.11 Å². The maximum atomic E-state index is 13.6. The summed E-state index contributed by atoms with van der Waals surface area (Å²) in [6.45, 7) is 1.17. The second kappa shape index (κ2) is 7.05. The molecule has 4 aromatic rings. The second-order valence-electron chi connectivity index (χ2n) is 7.11. The molecule has 0 aliphatic carbocycles. The number of nitrogens with one attached hydrogen (secondary N) is 1. The minimum atomic E-state index is -0.590. The van der Waals surface area contributed by atoms with E-state index in [0.29, 0.717) is 13.1 Å². The first-order valence-corrected chi connectivity index (χ1v) is 9.48. The number of carbonyl (C=O) groups is 1. The van der Waals surface area contributed by atoms with Gasteiger partial charge in [-0.25, -0.2) is 4.68 Å². The van der Waals surface area contributed by atoms with Crippen molar-refractivity contribution in [3.05, 3.63) is 71.7 Å². The fourth-order valence-corrected chi connectivity index (χ4v) is 4.01. The summed E-state index contributed by atoms with van der Waals surface area (Å²) in [5.74, 6) is 0.782.